The Labute approximate surface area is 157 Å². The predicted octanol–water partition coefficient (Wildman–Crippen LogP) is 3.65. The van der Waals surface area contributed by atoms with Crippen molar-refractivity contribution in [2.45, 2.75) is 19.8 Å². The van der Waals surface area contributed by atoms with Crippen molar-refractivity contribution in [2.75, 3.05) is 23.3 Å². The van der Waals surface area contributed by atoms with E-state index in [0.717, 1.165) is 0 Å². The number of amides is 1. The van der Waals surface area contributed by atoms with E-state index >= 15 is 0 Å². The van der Waals surface area contributed by atoms with Gasteiger partial charge in [0.25, 0.3) is 5.69 Å². The van der Waals surface area contributed by atoms with Crippen LogP contribution >= 0.6 is 0 Å². The minimum atomic E-state index is -0.379. The lowest BCUT2D eigenvalue weighted by atomic mass is 9.95. The van der Waals surface area contributed by atoms with Crippen LogP contribution in [0.25, 0.3) is 0 Å². The van der Waals surface area contributed by atoms with Crippen LogP contribution in [0.3, 0.4) is 0 Å². The molecule has 2 aromatic carbocycles. The van der Waals surface area contributed by atoms with Crippen LogP contribution < -0.4 is 10.2 Å². The number of carbonyl (C=O) groups is 2. The Kier molecular flexibility index (Phi) is 5.49. The van der Waals surface area contributed by atoms with Crippen LogP contribution in [0.15, 0.2) is 48.5 Å². The fourth-order valence-electron chi connectivity index (χ4n) is 3.33. The maximum atomic E-state index is 12.5. The Morgan fingerprint density at radius 1 is 1.11 bits per heavy atom. The Morgan fingerprint density at radius 2 is 1.81 bits per heavy atom. The molecule has 3 rings (SSSR count). The van der Waals surface area contributed by atoms with Gasteiger partial charge in [-0.3, -0.25) is 19.7 Å². The minimum absolute atomic E-state index is 0.0520. The van der Waals surface area contributed by atoms with Gasteiger partial charge in [-0.15, -0.1) is 0 Å². The molecule has 0 unspecified atom stereocenters. The van der Waals surface area contributed by atoms with Gasteiger partial charge in [-0.1, -0.05) is 24.3 Å². The summed E-state index contributed by atoms with van der Waals surface area (Å²) in [6, 6.07) is 13.5. The van der Waals surface area contributed by atoms with E-state index in [1.807, 2.05) is 4.90 Å². The van der Waals surface area contributed by atoms with Gasteiger partial charge in [-0.2, -0.15) is 0 Å². The van der Waals surface area contributed by atoms with Gasteiger partial charge >= 0.3 is 0 Å². The third kappa shape index (κ3) is 4.31. The minimum Gasteiger partial charge on any atom is -0.366 e. The molecule has 1 saturated heterocycles. The molecule has 2 aromatic rings. The van der Waals surface area contributed by atoms with Gasteiger partial charge in [0.2, 0.25) is 5.91 Å². The Morgan fingerprint density at radius 3 is 2.48 bits per heavy atom. The van der Waals surface area contributed by atoms with Gasteiger partial charge in [-0.25, -0.2) is 0 Å². The molecule has 1 aliphatic heterocycles. The van der Waals surface area contributed by atoms with Gasteiger partial charge in [0.05, 0.1) is 4.92 Å². The number of ketones is 1. The number of Topliss-reactive ketones (excluding diaryl/α,β-unsaturated/α-hetero) is 1. The van der Waals surface area contributed by atoms with E-state index in [4.69, 9.17) is 0 Å². The first-order chi connectivity index (χ1) is 13.0. The zero-order valence-electron chi connectivity index (χ0n) is 15.1. The summed E-state index contributed by atoms with van der Waals surface area (Å²) in [5.74, 6) is -0.299. The number of anilines is 2. The number of rotatable bonds is 5. The van der Waals surface area contributed by atoms with Gasteiger partial charge in [0, 0.05) is 36.3 Å². The van der Waals surface area contributed by atoms with Crippen LogP contribution in [-0.4, -0.2) is 29.7 Å². The standard InChI is InChI=1S/C20H21N3O4/c1-14(24)16-5-4-6-17(13-16)21-20(25)15-9-11-22(12-10-15)18-7-2-3-8-19(18)23(26)27/h2-8,13,15H,9-12H2,1H3,(H,21,25). The van der Waals surface area contributed by atoms with Crippen LogP contribution in [0.4, 0.5) is 17.1 Å². The molecule has 1 N–H and O–H groups in total. The third-order valence-electron chi connectivity index (χ3n) is 4.82. The summed E-state index contributed by atoms with van der Waals surface area (Å²) >= 11 is 0. The van der Waals surface area contributed by atoms with Crippen LogP contribution in [0.5, 0.6) is 0 Å². The van der Waals surface area contributed by atoms with Crippen LogP contribution in [0.2, 0.25) is 0 Å². The smallest absolute Gasteiger partial charge is 0.292 e. The normalized spacial score (nSPS) is 14.6. The molecule has 0 aliphatic carbocycles. The van der Waals surface area contributed by atoms with Gasteiger partial charge in [0.15, 0.2) is 5.78 Å². The Balaban J connectivity index is 1.62. The molecule has 27 heavy (non-hydrogen) atoms. The first-order valence-electron chi connectivity index (χ1n) is 8.86. The number of piperidine rings is 1. The topological polar surface area (TPSA) is 92.6 Å². The molecule has 1 heterocycles. The van der Waals surface area contributed by atoms with Crippen molar-refractivity contribution < 1.29 is 14.5 Å². The number of hydrogen-bond acceptors (Lipinski definition) is 5. The molecule has 1 amide bonds. The van der Waals surface area contributed by atoms with Crippen LogP contribution in [0.1, 0.15) is 30.1 Å². The number of nitrogens with zero attached hydrogens (tertiary/aromatic N) is 2. The highest BCUT2D eigenvalue weighted by Crippen LogP contribution is 2.31. The monoisotopic (exact) mass is 367 g/mol. The summed E-state index contributed by atoms with van der Waals surface area (Å²) in [6.07, 6.45) is 1.23. The quantitative estimate of drug-likeness (QED) is 0.495. The molecular formula is C20H21N3O4. The Hall–Kier alpha value is -3.22. The Bertz CT molecular complexity index is 873. The SMILES string of the molecule is CC(=O)c1cccc(NC(=O)C2CCN(c3ccccc3[N+](=O)[O-])CC2)c1. The summed E-state index contributed by atoms with van der Waals surface area (Å²) in [5.41, 5.74) is 1.84. The summed E-state index contributed by atoms with van der Waals surface area (Å²) in [6.45, 7) is 2.65. The molecule has 1 fully saturated rings. The highest BCUT2D eigenvalue weighted by molar-refractivity contribution is 5.97. The fraction of sp³-hybridized carbons (Fsp3) is 0.300. The third-order valence-corrected chi connectivity index (χ3v) is 4.82. The van der Waals surface area contributed by atoms with Crippen LogP contribution in [0, 0.1) is 16.0 Å². The molecule has 0 atom stereocenters. The van der Waals surface area contributed by atoms with Gasteiger partial charge in [0.1, 0.15) is 5.69 Å². The van der Waals surface area contributed by atoms with Crippen molar-refractivity contribution in [2.24, 2.45) is 5.92 Å². The summed E-state index contributed by atoms with van der Waals surface area (Å²) < 4.78 is 0. The van der Waals surface area contributed by atoms with E-state index in [1.165, 1.54) is 13.0 Å². The summed E-state index contributed by atoms with van der Waals surface area (Å²) in [4.78, 5) is 36.8. The molecule has 140 valence electrons. The average Bonchev–Trinajstić information content (AvgIpc) is 2.68. The molecule has 0 aromatic heterocycles. The van der Waals surface area contributed by atoms with Crippen molar-refractivity contribution in [3.8, 4) is 0 Å². The first kappa shape index (κ1) is 18.6. The van der Waals surface area contributed by atoms with E-state index in [1.54, 1.807) is 42.5 Å². The largest absolute Gasteiger partial charge is 0.366 e. The zero-order valence-corrected chi connectivity index (χ0v) is 15.1. The molecule has 7 nitrogen and oxygen atoms in total. The summed E-state index contributed by atoms with van der Waals surface area (Å²) in [7, 11) is 0. The highest BCUT2D eigenvalue weighted by Gasteiger charge is 2.28. The van der Waals surface area contributed by atoms with E-state index < -0.39 is 0 Å². The molecule has 0 saturated carbocycles. The van der Waals surface area contributed by atoms with Crippen LogP contribution in [-0.2, 0) is 4.79 Å². The van der Waals surface area contributed by atoms with E-state index in [9.17, 15) is 19.7 Å². The number of benzene rings is 2. The average molecular weight is 367 g/mol. The maximum absolute atomic E-state index is 12.5. The van der Waals surface area contributed by atoms with Crippen molar-refractivity contribution in [3.05, 3.63) is 64.2 Å². The molecule has 1 aliphatic rings. The fourth-order valence-corrected chi connectivity index (χ4v) is 3.33. The first-order valence-corrected chi connectivity index (χ1v) is 8.86. The van der Waals surface area contributed by atoms with Crippen molar-refractivity contribution in [1.82, 2.24) is 0 Å². The lowest BCUT2D eigenvalue weighted by molar-refractivity contribution is -0.384. The number of nitro benzene ring substituents is 1. The molecular weight excluding hydrogens is 346 g/mol. The second-order valence-electron chi connectivity index (χ2n) is 6.63. The highest BCUT2D eigenvalue weighted by atomic mass is 16.6. The molecule has 0 radical (unpaired) electrons. The summed E-state index contributed by atoms with van der Waals surface area (Å²) in [5, 5.41) is 14.1. The van der Waals surface area contributed by atoms with Crippen molar-refractivity contribution in [3.63, 3.8) is 0 Å². The van der Waals surface area contributed by atoms with Crippen molar-refractivity contribution in [1.29, 1.82) is 0 Å². The number of nitro groups is 1. The number of hydrogen-bond donors (Lipinski definition) is 1. The lowest BCUT2D eigenvalue weighted by Gasteiger charge is -2.32. The molecule has 7 heteroatoms. The van der Waals surface area contributed by atoms with E-state index in [0.29, 0.717) is 42.9 Å². The van der Waals surface area contributed by atoms with Gasteiger partial charge < -0.3 is 10.2 Å². The van der Waals surface area contributed by atoms with Crippen molar-refractivity contribution >= 4 is 28.8 Å². The lowest BCUT2D eigenvalue weighted by Crippen LogP contribution is -2.38. The maximum Gasteiger partial charge on any atom is 0.292 e. The second-order valence-corrected chi connectivity index (χ2v) is 6.63. The van der Waals surface area contributed by atoms with E-state index in [-0.39, 0.29) is 28.2 Å². The van der Waals surface area contributed by atoms with E-state index in [2.05, 4.69) is 5.32 Å². The molecule has 0 spiro atoms. The predicted molar refractivity (Wildman–Crippen MR) is 103 cm³/mol. The number of para-hydroxylation sites is 2. The molecule has 0 bridgehead atoms. The number of nitrogens with one attached hydrogen (secondary N) is 1. The zero-order chi connectivity index (χ0) is 19.4. The van der Waals surface area contributed by atoms with Gasteiger partial charge in [-0.05, 0) is 38.0 Å². The number of carbonyl (C=O) groups excluding carboxylic acids is 2. The second kappa shape index (κ2) is 7.99.